The lowest BCUT2D eigenvalue weighted by Crippen LogP contribution is -2.49. The molecule has 0 aliphatic carbocycles. The van der Waals surface area contributed by atoms with Crippen LogP contribution in [0.4, 0.5) is 5.69 Å². The Morgan fingerprint density at radius 3 is 2.58 bits per heavy atom. The summed E-state index contributed by atoms with van der Waals surface area (Å²) in [6.07, 6.45) is 0.280. The number of ether oxygens (including phenoxy) is 1. The minimum absolute atomic E-state index is 0.00798. The van der Waals surface area contributed by atoms with E-state index in [0.29, 0.717) is 12.3 Å². The highest BCUT2D eigenvalue weighted by atomic mass is 16.5. The number of nitrogens with zero attached hydrogens (tertiary/aromatic N) is 3. The van der Waals surface area contributed by atoms with E-state index in [-0.39, 0.29) is 24.2 Å². The summed E-state index contributed by atoms with van der Waals surface area (Å²) in [6, 6.07) is 5.77. The largest absolute Gasteiger partial charge is 0.495 e. The molecule has 1 aromatic carbocycles. The second-order valence-electron chi connectivity index (χ2n) is 6.71. The van der Waals surface area contributed by atoms with E-state index >= 15 is 0 Å². The van der Waals surface area contributed by atoms with Crippen molar-refractivity contribution in [2.24, 2.45) is 5.92 Å². The lowest BCUT2D eigenvalue weighted by atomic mass is 10.1. The zero-order valence-electron chi connectivity index (χ0n) is 14.6. The summed E-state index contributed by atoms with van der Waals surface area (Å²) in [5, 5.41) is 0. The van der Waals surface area contributed by atoms with Crippen molar-refractivity contribution < 1.29 is 14.3 Å². The number of hydrogen-bond donors (Lipinski definition) is 0. The van der Waals surface area contributed by atoms with Gasteiger partial charge in [0.15, 0.2) is 0 Å². The maximum Gasteiger partial charge on any atom is 0.228 e. The SMILES string of the molecule is COc1ccc(C)cc1N1CC(C(=O)N2CCN(C)CC2)CC1=O. The maximum atomic E-state index is 12.7. The molecule has 2 aliphatic heterocycles. The summed E-state index contributed by atoms with van der Waals surface area (Å²) in [6.45, 7) is 5.69. The molecule has 0 spiro atoms. The molecule has 2 saturated heterocycles. The van der Waals surface area contributed by atoms with Gasteiger partial charge < -0.3 is 19.4 Å². The van der Waals surface area contributed by atoms with E-state index in [1.165, 1.54) is 0 Å². The third kappa shape index (κ3) is 3.24. The van der Waals surface area contributed by atoms with Gasteiger partial charge in [-0.2, -0.15) is 0 Å². The lowest BCUT2D eigenvalue weighted by molar-refractivity contribution is -0.137. The highest BCUT2D eigenvalue weighted by molar-refractivity contribution is 6.01. The van der Waals surface area contributed by atoms with Crippen LogP contribution in [-0.2, 0) is 9.59 Å². The zero-order valence-corrected chi connectivity index (χ0v) is 14.6. The first-order valence-corrected chi connectivity index (χ1v) is 8.42. The van der Waals surface area contributed by atoms with Crippen molar-refractivity contribution in [3.8, 4) is 5.75 Å². The predicted octanol–water partition coefficient (Wildman–Crippen LogP) is 1.13. The molecule has 0 bridgehead atoms. The van der Waals surface area contributed by atoms with Crippen LogP contribution in [0.25, 0.3) is 0 Å². The highest BCUT2D eigenvalue weighted by Gasteiger charge is 2.38. The first-order chi connectivity index (χ1) is 11.5. The van der Waals surface area contributed by atoms with Crippen molar-refractivity contribution >= 4 is 17.5 Å². The number of piperazine rings is 1. The van der Waals surface area contributed by atoms with E-state index in [1.54, 1.807) is 12.0 Å². The monoisotopic (exact) mass is 331 g/mol. The van der Waals surface area contributed by atoms with Crippen LogP contribution in [0.1, 0.15) is 12.0 Å². The number of methoxy groups -OCH3 is 1. The number of benzene rings is 1. The van der Waals surface area contributed by atoms with Gasteiger partial charge in [-0.05, 0) is 31.7 Å². The average molecular weight is 331 g/mol. The number of carbonyl (C=O) groups is 2. The molecule has 2 amide bonds. The van der Waals surface area contributed by atoms with Crippen LogP contribution in [0.5, 0.6) is 5.75 Å². The maximum absolute atomic E-state index is 12.7. The van der Waals surface area contributed by atoms with Gasteiger partial charge in [0.05, 0.1) is 18.7 Å². The molecule has 24 heavy (non-hydrogen) atoms. The fourth-order valence-corrected chi connectivity index (χ4v) is 3.40. The first kappa shape index (κ1) is 16.8. The second kappa shape index (κ2) is 6.81. The van der Waals surface area contributed by atoms with Crippen molar-refractivity contribution in [3.63, 3.8) is 0 Å². The number of rotatable bonds is 3. The topological polar surface area (TPSA) is 53.1 Å². The molecule has 0 radical (unpaired) electrons. The van der Waals surface area contributed by atoms with Crippen LogP contribution in [0.15, 0.2) is 18.2 Å². The number of hydrogen-bond acceptors (Lipinski definition) is 4. The fourth-order valence-electron chi connectivity index (χ4n) is 3.40. The van der Waals surface area contributed by atoms with Crippen LogP contribution < -0.4 is 9.64 Å². The second-order valence-corrected chi connectivity index (χ2v) is 6.71. The molecule has 1 aromatic rings. The predicted molar refractivity (Wildman–Crippen MR) is 92.3 cm³/mol. The van der Waals surface area contributed by atoms with Gasteiger partial charge in [-0.15, -0.1) is 0 Å². The highest BCUT2D eigenvalue weighted by Crippen LogP contribution is 2.34. The quantitative estimate of drug-likeness (QED) is 0.833. The number of anilines is 1. The molecular formula is C18H25N3O3. The Hall–Kier alpha value is -2.08. The van der Waals surface area contributed by atoms with Crippen molar-refractivity contribution in [3.05, 3.63) is 23.8 Å². The van der Waals surface area contributed by atoms with Gasteiger partial charge in [0.1, 0.15) is 5.75 Å². The molecule has 0 saturated carbocycles. The third-order valence-corrected chi connectivity index (χ3v) is 4.91. The summed E-state index contributed by atoms with van der Waals surface area (Å²) in [7, 11) is 3.66. The molecule has 6 nitrogen and oxygen atoms in total. The summed E-state index contributed by atoms with van der Waals surface area (Å²) in [5.41, 5.74) is 1.82. The summed E-state index contributed by atoms with van der Waals surface area (Å²) in [5.74, 6) is 0.504. The van der Waals surface area contributed by atoms with Crippen LogP contribution in [0.3, 0.4) is 0 Å². The number of likely N-dealkylation sites (N-methyl/N-ethyl adjacent to an activating group) is 1. The minimum Gasteiger partial charge on any atom is -0.495 e. The minimum atomic E-state index is -0.258. The van der Waals surface area contributed by atoms with Gasteiger partial charge in [0, 0.05) is 39.1 Å². The van der Waals surface area contributed by atoms with Crippen LogP contribution in [0.2, 0.25) is 0 Å². The van der Waals surface area contributed by atoms with Crippen molar-refractivity contribution in [1.29, 1.82) is 0 Å². The standard InChI is InChI=1S/C18H25N3O3/c1-13-4-5-16(24-3)15(10-13)21-12-14(11-17(21)22)18(23)20-8-6-19(2)7-9-20/h4-5,10,14H,6-9,11-12H2,1-3H3. The molecule has 1 atom stereocenters. The molecular weight excluding hydrogens is 306 g/mol. The van der Waals surface area contributed by atoms with Gasteiger partial charge >= 0.3 is 0 Å². The number of aryl methyl sites for hydroxylation is 1. The van der Waals surface area contributed by atoms with Crippen molar-refractivity contribution in [2.75, 3.05) is 51.8 Å². The molecule has 3 rings (SSSR count). The van der Waals surface area contributed by atoms with Crippen LogP contribution >= 0.6 is 0 Å². The molecule has 6 heteroatoms. The molecule has 1 unspecified atom stereocenters. The van der Waals surface area contributed by atoms with E-state index in [2.05, 4.69) is 11.9 Å². The molecule has 2 heterocycles. The average Bonchev–Trinajstić information content (AvgIpc) is 2.96. The van der Waals surface area contributed by atoms with Crippen molar-refractivity contribution in [1.82, 2.24) is 9.80 Å². The van der Waals surface area contributed by atoms with Crippen LogP contribution in [-0.4, -0.2) is 68.5 Å². The van der Waals surface area contributed by atoms with E-state index in [4.69, 9.17) is 4.74 Å². The Balaban J connectivity index is 1.74. The Labute approximate surface area is 143 Å². The van der Waals surface area contributed by atoms with E-state index in [0.717, 1.165) is 37.4 Å². The Bertz CT molecular complexity index is 638. The summed E-state index contributed by atoms with van der Waals surface area (Å²) in [4.78, 5) is 31.1. The molecule has 0 aromatic heterocycles. The first-order valence-electron chi connectivity index (χ1n) is 8.42. The van der Waals surface area contributed by atoms with E-state index in [1.807, 2.05) is 30.0 Å². The van der Waals surface area contributed by atoms with Gasteiger partial charge in [-0.3, -0.25) is 9.59 Å². The molecule has 2 aliphatic rings. The van der Waals surface area contributed by atoms with Gasteiger partial charge in [0.25, 0.3) is 0 Å². The summed E-state index contributed by atoms with van der Waals surface area (Å²) < 4.78 is 5.39. The van der Waals surface area contributed by atoms with E-state index < -0.39 is 0 Å². The molecule has 130 valence electrons. The molecule has 2 fully saturated rings. The Morgan fingerprint density at radius 1 is 1.21 bits per heavy atom. The Morgan fingerprint density at radius 2 is 1.92 bits per heavy atom. The number of carbonyl (C=O) groups excluding carboxylic acids is 2. The van der Waals surface area contributed by atoms with Crippen LogP contribution in [0, 0.1) is 12.8 Å². The lowest BCUT2D eigenvalue weighted by Gasteiger charge is -2.33. The summed E-state index contributed by atoms with van der Waals surface area (Å²) >= 11 is 0. The molecule has 0 N–H and O–H groups in total. The van der Waals surface area contributed by atoms with Crippen molar-refractivity contribution in [2.45, 2.75) is 13.3 Å². The third-order valence-electron chi connectivity index (χ3n) is 4.91. The number of amides is 2. The zero-order chi connectivity index (χ0) is 17.3. The van der Waals surface area contributed by atoms with Gasteiger partial charge in [-0.25, -0.2) is 0 Å². The Kier molecular flexibility index (Phi) is 4.76. The smallest absolute Gasteiger partial charge is 0.228 e. The van der Waals surface area contributed by atoms with Gasteiger partial charge in [0.2, 0.25) is 11.8 Å². The normalized spacial score (nSPS) is 22.1. The van der Waals surface area contributed by atoms with E-state index in [9.17, 15) is 9.59 Å². The fraction of sp³-hybridized carbons (Fsp3) is 0.556. The van der Waals surface area contributed by atoms with Gasteiger partial charge in [-0.1, -0.05) is 6.07 Å².